The molecule has 9 heteroatoms. The van der Waals surface area contributed by atoms with Gasteiger partial charge in [-0.3, -0.25) is 19.8 Å². The highest BCUT2D eigenvalue weighted by Crippen LogP contribution is 2.32. The molecule has 1 aliphatic heterocycles. The van der Waals surface area contributed by atoms with Gasteiger partial charge in [0.15, 0.2) is 5.82 Å². The molecule has 3 aromatic rings. The zero-order chi connectivity index (χ0) is 22.5. The Kier molecular flexibility index (Phi) is 6.48. The Morgan fingerprint density at radius 3 is 2.53 bits per heavy atom. The van der Waals surface area contributed by atoms with Crippen LogP contribution in [0.15, 0.2) is 54.6 Å². The SMILES string of the molecule is Cc1nc(-c2ccccc2)nc(-c2cccc([N+](=O)[O-])c2)c1NC(=O)CN1CCOCC1. The monoisotopic (exact) mass is 433 g/mol. The highest BCUT2D eigenvalue weighted by molar-refractivity contribution is 5.97. The van der Waals surface area contributed by atoms with Gasteiger partial charge in [0.2, 0.25) is 5.91 Å². The smallest absolute Gasteiger partial charge is 0.270 e. The lowest BCUT2D eigenvalue weighted by Gasteiger charge is -2.26. The maximum Gasteiger partial charge on any atom is 0.270 e. The van der Waals surface area contributed by atoms with E-state index in [9.17, 15) is 14.9 Å². The first-order chi connectivity index (χ1) is 15.5. The standard InChI is InChI=1S/C23H23N5O4/c1-16-21(25-20(29)15-27-10-12-32-13-11-27)22(18-8-5-9-19(14-18)28(30)31)26-23(24-16)17-6-3-2-4-7-17/h2-9,14H,10-13,15H2,1H3,(H,25,29). The van der Waals surface area contributed by atoms with Gasteiger partial charge in [0.25, 0.3) is 5.69 Å². The summed E-state index contributed by atoms with van der Waals surface area (Å²) in [5.41, 5.74) is 2.76. The van der Waals surface area contributed by atoms with E-state index in [1.807, 2.05) is 35.2 Å². The van der Waals surface area contributed by atoms with Crippen LogP contribution >= 0.6 is 0 Å². The topological polar surface area (TPSA) is 110 Å². The van der Waals surface area contributed by atoms with Gasteiger partial charge in [0.1, 0.15) is 0 Å². The maximum atomic E-state index is 12.8. The van der Waals surface area contributed by atoms with Gasteiger partial charge in [-0.2, -0.15) is 0 Å². The van der Waals surface area contributed by atoms with E-state index in [0.717, 1.165) is 5.56 Å². The number of amides is 1. The second-order valence-corrected chi connectivity index (χ2v) is 7.47. The summed E-state index contributed by atoms with van der Waals surface area (Å²) >= 11 is 0. The van der Waals surface area contributed by atoms with Crippen LogP contribution in [0.5, 0.6) is 0 Å². The van der Waals surface area contributed by atoms with Gasteiger partial charge in [-0.15, -0.1) is 0 Å². The predicted molar refractivity (Wildman–Crippen MR) is 120 cm³/mol. The molecule has 1 aromatic heterocycles. The summed E-state index contributed by atoms with van der Waals surface area (Å²) in [6, 6.07) is 15.7. The van der Waals surface area contributed by atoms with E-state index in [0.29, 0.717) is 54.8 Å². The fraction of sp³-hybridized carbons (Fsp3) is 0.261. The van der Waals surface area contributed by atoms with Crippen LogP contribution in [0.2, 0.25) is 0 Å². The molecule has 1 aliphatic rings. The second-order valence-electron chi connectivity index (χ2n) is 7.47. The number of aromatic nitrogens is 2. The summed E-state index contributed by atoms with van der Waals surface area (Å²) in [7, 11) is 0. The number of hydrogen-bond acceptors (Lipinski definition) is 7. The molecule has 1 amide bonds. The van der Waals surface area contributed by atoms with E-state index in [2.05, 4.69) is 10.3 Å². The van der Waals surface area contributed by atoms with Crippen molar-refractivity contribution in [2.24, 2.45) is 0 Å². The third-order valence-corrected chi connectivity index (χ3v) is 5.19. The molecular weight excluding hydrogens is 410 g/mol. The first-order valence-corrected chi connectivity index (χ1v) is 10.3. The Bertz CT molecular complexity index is 1130. The Balaban J connectivity index is 1.73. The maximum absolute atomic E-state index is 12.8. The highest BCUT2D eigenvalue weighted by atomic mass is 16.6. The van der Waals surface area contributed by atoms with E-state index < -0.39 is 4.92 Å². The van der Waals surface area contributed by atoms with Crippen LogP contribution in [0, 0.1) is 17.0 Å². The summed E-state index contributed by atoms with van der Waals surface area (Å²) in [6.07, 6.45) is 0. The number of nitrogens with zero attached hydrogens (tertiary/aromatic N) is 4. The fourth-order valence-corrected chi connectivity index (χ4v) is 3.56. The molecule has 0 saturated carbocycles. The molecule has 0 aliphatic carbocycles. The number of nitro benzene ring substituents is 1. The zero-order valence-electron chi connectivity index (χ0n) is 17.7. The summed E-state index contributed by atoms with van der Waals surface area (Å²) in [6.45, 7) is 4.58. The van der Waals surface area contributed by atoms with Crippen molar-refractivity contribution in [2.45, 2.75) is 6.92 Å². The van der Waals surface area contributed by atoms with Crippen LogP contribution in [0.1, 0.15) is 5.69 Å². The van der Waals surface area contributed by atoms with E-state index in [1.54, 1.807) is 19.1 Å². The Morgan fingerprint density at radius 2 is 1.81 bits per heavy atom. The minimum Gasteiger partial charge on any atom is -0.379 e. The van der Waals surface area contributed by atoms with Crippen LogP contribution in [0.25, 0.3) is 22.6 Å². The van der Waals surface area contributed by atoms with Crippen molar-refractivity contribution in [3.63, 3.8) is 0 Å². The van der Waals surface area contributed by atoms with Crippen molar-refractivity contribution in [3.8, 4) is 22.6 Å². The summed E-state index contributed by atoms with van der Waals surface area (Å²) in [4.78, 5) is 34.9. The Morgan fingerprint density at radius 1 is 1.09 bits per heavy atom. The van der Waals surface area contributed by atoms with Crippen LogP contribution in [0.3, 0.4) is 0 Å². The largest absolute Gasteiger partial charge is 0.379 e. The van der Waals surface area contributed by atoms with Crippen molar-refractivity contribution in [3.05, 3.63) is 70.4 Å². The number of morpholine rings is 1. The minimum absolute atomic E-state index is 0.0504. The second kappa shape index (κ2) is 9.63. The quantitative estimate of drug-likeness (QED) is 0.469. The fourth-order valence-electron chi connectivity index (χ4n) is 3.56. The number of anilines is 1. The molecule has 32 heavy (non-hydrogen) atoms. The molecule has 0 spiro atoms. The number of carbonyl (C=O) groups excluding carboxylic acids is 1. The third-order valence-electron chi connectivity index (χ3n) is 5.19. The van der Waals surface area contributed by atoms with Crippen molar-refractivity contribution >= 4 is 17.3 Å². The first kappa shape index (κ1) is 21.5. The average molecular weight is 433 g/mol. The van der Waals surface area contributed by atoms with Crippen LogP contribution in [-0.2, 0) is 9.53 Å². The number of hydrogen-bond donors (Lipinski definition) is 1. The summed E-state index contributed by atoms with van der Waals surface area (Å²) in [5, 5.41) is 14.2. The van der Waals surface area contributed by atoms with Crippen LogP contribution in [0.4, 0.5) is 11.4 Å². The first-order valence-electron chi connectivity index (χ1n) is 10.3. The molecule has 164 valence electrons. The molecule has 1 N–H and O–H groups in total. The molecular formula is C23H23N5O4. The van der Waals surface area contributed by atoms with E-state index in [-0.39, 0.29) is 18.1 Å². The van der Waals surface area contributed by atoms with Gasteiger partial charge in [0.05, 0.1) is 41.8 Å². The summed E-state index contributed by atoms with van der Waals surface area (Å²) in [5.74, 6) is 0.286. The van der Waals surface area contributed by atoms with Gasteiger partial charge in [-0.05, 0) is 6.92 Å². The zero-order valence-corrected chi connectivity index (χ0v) is 17.7. The molecule has 0 unspecified atom stereocenters. The lowest BCUT2D eigenvalue weighted by atomic mass is 10.1. The Labute approximate surface area is 185 Å². The molecule has 9 nitrogen and oxygen atoms in total. The molecule has 1 saturated heterocycles. The van der Waals surface area contributed by atoms with E-state index >= 15 is 0 Å². The van der Waals surface area contributed by atoms with Gasteiger partial charge in [-0.1, -0.05) is 42.5 Å². The predicted octanol–water partition coefficient (Wildman–Crippen LogP) is 3.30. The van der Waals surface area contributed by atoms with E-state index in [4.69, 9.17) is 9.72 Å². The van der Waals surface area contributed by atoms with Gasteiger partial charge < -0.3 is 10.1 Å². The molecule has 4 rings (SSSR count). The van der Waals surface area contributed by atoms with Crippen LogP contribution in [-0.4, -0.2) is 58.5 Å². The average Bonchev–Trinajstić information content (AvgIpc) is 2.81. The number of aryl methyl sites for hydroxylation is 1. The lowest BCUT2D eigenvalue weighted by Crippen LogP contribution is -2.41. The Hall–Kier alpha value is -3.69. The van der Waals surface area contributed by atoms with Gasteiger partial charge in [0, 0.05) is 36.3 Å². The molecule has 2 aromatic carbocycles. The number of non-ortho nitro benzene ring substituents is 1. The minimum atomic E-state index is -0.452. The third kappa shape index (κ3) is 4.96. The normalized spacial score (nSPS) is 14.2. The molecule has 1 fully saturated rings. The number of rotatable bonds is 6. The molecule has 2 heterocycles. The summed E-state index contributed by atoms with van der Waals surface area (Å²) < 4.78 is 5.33. The molecule has 0 radical (unpaired) electrons. The number of carbonyl (C=O) groups is 1. The van der Waals surface area contributed by atoms with Crippen molar-refractivity contribution in [1.29, 1.82) is 0 Å². The number of benzene rings is 2. The number of nitrogens with one attached hydrogen (secondary N) is 1. The highest BCUT2D eigenvalue weighted by Gasteiger charge is 2.20. The van der Waals surface area contributed by atoms with Crippen molar-refractivity contribution in [1.82, 2.24) is 14.9 Å². The van der Waals surface area contributed by atoms with Crippen molar-refractivity contribution < 1.29 is 14.5 Å². The van der Waals surface area contributed by atoms with Crippen LogP contribution < -0.4 is 5.32 Å². The van der Waals surface area contributed by atoms with Crippen molar-refractivity contribution in [2.75, 3.05) is 38.2 Å². The van der Waals surface area contributed by atoms with Gasteiger partial charge in [-0.25, -0.2) is 9.97 Å². The van der Waals surface area contributed by atoms with E-state index in [1.165, 1.54) is 12.1 Å². The molecule has 0 atom stereocenters. The number of ether oxygens (including phenoxy) is 1. The molecule has 0 bridgehead atoms. The number of nitro groups is 1. The van der Waals surface area contributed by atoms with Gasteiger partial charge >= 0.3 is 0 Å². The lowest BCUT2D eigenvalue weighted by molar-refractivity contribution is -0.384.